The first kappa shape index (κ1) is 27.1. The Hall–Kier alpha value is -0.900. The van der Waals surface area contributed by atoms with Crippen LogP contribution in [0.2, 0.25) is 0 Å². The molecule has 0 bridgehead atoms. The van der Waals surface area contributed by atoms with E-state index < -0.39 is 11.6 Å². The molecule has 0 aliphatic heterocycles. The average molecular weight is 398 g/mol. The average Bonchev–Trinajstić information content (AvgIpc) is 2.64. The van der Waals surface area contributed by atoms with Gasteiger partial charge < -0.3 is 0 Å². The Morgan fingerprint density at radius 2 is 1.25 bits per heavy atom. The summed E-state index contributed by atoms with van der Waals surface area (Å²) in [6, 6.07) is -0.464. The SMILES string of the molecule is CCCCCCCCCCCCCCCC(=O)[C@H](CC)N(C=O)OC(C)(C)C. The number of rotatable bonds is 19. The topological polar surface area (TPSA) is 46.6 Å². The van der Waals surface area contributed by atoms with Gasteiger partial charge in [-0.05, 0) is 33.6 Å². The van der Waals surface area contributed by atoms with Crippen molar-refractivity contribution in [3.8, 4) is 0 Å². The molecule has 4 nitrogen and oxygen atoms in total. The van der Waals surface area contributed by atoms with Crippen molar-refractivity contribution in [1.82, 2.24) is 5.06 Å². The Bertz CT molecular complexity index is 390. The number of hydroxylamine groups is 2. The van der Waals surface area contributed by atoms with Gasteiger partial charge in [0.1, 0.15) is 6.04 Å². The lowest BCUT2D eigenvalue weighted by atomic mass is 10.0. The van der Waals surface area contributed by atoms with Crippen LogP contribution in [0.5, 0.6) is 0 Å². The summed E-state index contributed by atoms with van der Waals surface area (Å²) in [7, 11) is 0. The van der Waals surface area contributed by atoms with Gasteiger partial charge in [0.25, 0.3) is 0 Å². The molecular formula is C24H47NO3. The molecule has 1 atom stereocenters. The van der Waals surface area contributed by atoms with Gasteiger partial charge in [-0.3, -0.25) is 14.4 Å². The lowest BCUT2D eigenvalue weighted by molar-refractivity contribution is -0.230. The fourth-order valence-corrected chi connectivity index (χ4v) is 3.51. The highest BCUT2D eigenvalue weighted by Crippen LogP contribution is 2.17. The number of amides is 1. The predicted octanol–water partition coefficient (Wildman–Crippen LogP) is 7.00. The Kier molecular flexibility index (Phi) is 16.5. The van der Waals surface area contributed by atoms with Gasteiger partial charge in [0.05, 0.1) is 5.60 Å². The smallest absolute Gasteiger partial charge is 0.234 e. The van der Waals surface area contributed by atoms with Crippen LogP contribution in [-0.4, -0.2) is 28.9 Å². The molecule has 0 saturated carbocycles. The van der Waals surface area contributed by atoms with Crippen molar-refractivity contribution in [3.05, 3.63) is 0 Å². The van der Waals surface area contributed by atoms with Crippen LogP contribution in [0.25, 0.3) is 0 Å². The molecule has 0 unspecified atom stereocenters. The van der Waals surface area contributed by atoms with Crippen molar-refractivity contribution in [2.24, 2.45) is 0 Å². The van der Waals surface area contributed by atoms with Gasteiger partial charge in [-0.25, -0.2) is 5.06 Å². The highest BCUT2D eigenvalue weighted by atomic mass is 16.7. The maximum atomic E-state index is 12.5. The van der Waals surface area contributed by atoms with E-state index in [9.17, 15) is 9.59 Å². The summed E-state index contributed by atoms with van der Waals surface area (Å²) in [5.74, 6) is 0.113. The second-order valence-corrected chi connectivity index (χ2v) is 9.05. The Labute approximate surface area is 174 Å². The predicted molar refractivity (Wildman–Crippen MR) is 118 cm³/mol. The third-order valence-electron chi connectivity index (χ3n) is 5.08. The van der Waals surface area contributed by atoms with E-state index in [1.54, 1.807) is 0 Å². The van der Waals surface area contributed by atoms with Gasteiger partial charge in [-0.15, -0.1) is 0 Å². The normalized spacial score (nSPS) is 12.8. The number of hydrogen-bond donors (Lipinski definition) is 0. The largest absolute Gasteiger partial charge is 0.297 e. The molecule has 0 saturated heterocycles. The maximum absolute atomic E-state index is 12.5. The van der Waals surface area contributed by atoms with E-state index >= 15 is 0 Å². The molecule has 1 amide bonds. The van der Waals surface area contributed by atoms with Gasteiger partial charge >= 0.3 is 0 Å². The summed E-state index contributed by atoms with van der Waals surface area (Å²) in [6.07, 6.45) is 18.6. The number of unbranched alkanes of at least 4 members (excludes halogenated alkanes) is 12. The van der Waals surface area contributed by atoms with Gasteiger partial charge in [0, 0.05) is 6.42 Å². The van der Waals surface area contributed by atoms with Crippen LogP contribution >= 0.6 is 0 Å². The number of nitrogens with zero attached hydrogens (tertiary/aromatic N) is 1. The molecule has 4 heteroatoms. The fourth-order valence-electron chi connectivity index (χ4n) is 3.51. The van der Waals surface area contributed by atoms with E-state index in [0.717, 1.165) is 12.8 Å². The molecule has 0 spiro atoms. The molecule has 0 heterocycles. The molecule has 28 heavy (non-hydrogen) atoms. The Morgan fingerprint density at radius 1 is 0.821 bits per heavy atom. The molecule has 0 fully saturated rings. The Balaban J connectivity index is 3.75. The summed E-state index contributed by atoms with van der Waals surface area (Å²) < 4.78 is 0. The van der Waals surface area contributed by atoms with Crippen molar-refractivity contribution < 1.29 is 14.4 Å². The number of ketones is 1. The highest BCUT2D eigenvalue weighted by molar-refractivity contribution is 5.85. The molecule has 0 aliphatic carbocycles. The summed E-state index contributed by atoms with van der Waals surface area (Å²) in [4.78, 5) is 29.4. The third kappa shape index (κ3) is 15.1. The maximum Gasteiger partial charge on any atom is 0.234 e. The molecular weight excluding hydrogens is 350 g/mol. The zero-order chi connectivity index (χ0) is 21.3. The van der Waals surface area contributed by atoms with Crippen LogP contribution in [-0.2, 0) is 14.4 Å². The number of carbonyl (C=O) groups excluding carboxylic acids is 2. The van der Waals surface area contributed by atoms with E-state index in [-0.39, 0.29) is 5.78 Å². The quantitative estimate of drug-likeness (QED) is 0.134. The highest BCUT2D eigenvalue weighted by Gasteiger charge is 2.27. The third-order valence-corrected chi connectivity index (χ3v) is 5.08. The van der Waals surface area contributed by atoms with Crippen LogP contribution in [0, 0.1) is 0 Å². The molecule has 0 aliphatic rings. The summed E-state index contributed by atoms with van der Waals surface area (Å²) in [5.41, 5.74) is -0.482. The molecule has 0 aromatic rings. The van der Waals surface area contributed by atoms with Crippen LogP contribution < -0.4 is 0 Å². The number of Topliss-reactive ketones (excluding diaryl/α,β-unsaturated/α-hetero) is 1. The van der Waals surface area contributed by atoms with E-state index in [2.05, 4.69) is 6.92 Å². The zero-order valence-electron chi connectivity index (χ0n) is 19.4. The van der Waals surface area contributed by atoms with Gasteiger partial charge in [0.15, 0.2) is 5.78 Å². The van der Waals surface area contributed by atoms with Crippen molar-refractivity contribution in [2.45, 2.75) is 143 Å². The first-order chi connectivity index (χ1) is 13.4. The second-order valence-electron chi connectivity index (χ2n) is 9.05. The standard InChI is InChI=1S/C24H47NO3/c1-6-8-9-10-11-12-13-14-15-16-17-18-19-20-23(27)22(7-2)25(21-26)28-24(3,4)5/h21-22H,6-20H2,1-5H3/t22-/m0/s1. The molecule has 0 rings (SSSR count). The van der Waals surface area contributed by atoms with Crippen LogP contribution in [0.15, 0.2) is 0 Å². The molecule has 166 valence electrons. The van der Waals surface area contributed by atoms with E-state index in [1.165, 1.54) is 75.7 Å². The molecule has 0 N–H and O–H groups in total. The van der Waals surface area contributed by atoms with Crippen LogP contribution in [0.1, 0.15) is 131 Å². The fraction of sp³-hybridized carbons (Fsp3) is 0.917. The van der Waals surface area contributed by atoms with Crippen LogP contribution in [0.3, 0.4) is 0 Å². The molecule has 0 radical (unpaired) electrons. The van der Waals surface area contributed by atoms with Crippen molar-refractivity contribution in [1.29, 1.82) is 0 Å². The monoisotopic (exact) mass is 397 g/mol. The van der Waals surface area contributed by atoms with Crippen molar-refractivity contribution >= 4 is 12.2 Å². The first-order valence-electron chi connectivity index (χ1n) is 11.8. The lowest BCUT2D eigenvalue weighted by Crippen LogP contribution is -2.44. The minimum Gasteiger partial charge on any atom is -0.297 e. The van der Waals surface area contributed by atoms with Crippen molar-refractivity contribution in [2.75, 3.05) is 0 Å². The summed E-state index contributed by atoms with van der Waals surface area (Å²) in [5, 5.41) is 1.21. The van der Waals surface area contributed by atoms with Crippen LogP contribution in [0.4, 0.5) is 0 Å². The summed E-state index contributed by atoms with van der Waals surface area (Å²) in [6.45, 7) is 9.84. The molecule has 0 aromatic carbocycles. The van der Waals surface area contributed by atoms with E-state index in [1.807, 2.05) is 27.7 Å². The van der Waals surface area contributed by atoms with Gasteiger partial charge in [0.2, 0.25) is 6.41 Å². The Morgan fingerprint density at radius 3 is 1.61 bits per heavy atom. The van der Waals surface area contributed by atoms with Gasteiger partial charge in [-0.1, -0.05) is 90.9 Å². The number of hydrogen-bond acceptors (Lipinski definition) is 3. The molecule has 0 aromatic heterocycles. The van der Waals surface area contributed by atoms with E-state index in [0.29, 0.717) is 19.3 Å². The minimum absolute atomic E-state index is 0.113. The first-order valence-corrected chi connectivity index (χ1v) is 11.8. The second kappa shape index (κ2) is 17.0. The van der Waals surface area contributed by atoms with Crippen molar-refractivity contribution in [3.63, 3.8) is 0 Å². The minimum atomic E-state index is -0.482. The number of carbonyl (C=O) groups is 2. The zero-order valence-corrected chi connectivity index (χ0v) is 19.4. The van der Waals surface area contributed by atoms with E-state index in [4.69, 9.17) is 4.84 Å². The van der Waals surface area contributed by atoms with Gasteiger partial charge in [-0.2, -0.15) is 0 Å². The lowest BCUT2D eigenvalue weighted by Gasteiger charge is -2.31. The summed E-state index contributed by atoms with van der Waals surface area (Å²) >= 11 is 0.